The molecule has 0 heterocycles. The summed E-state index contributed by atoms with van der Waals surface area (Å²) in [5.74, 6) is -0.390. The number of rotatable bonds is 1. The van der Waals surface area contributed by atoms with Crippen LogP contribution in [0.4, 0.5) is 0 Å². The van der Waals surface area contributed by atoms with Gasteiger partial charge in [0.1, 0.15) is 0 Å². The van der Waals surface area contributed by atoms with Crippen LogP contribution in [-0.4, -0.2) is 11.1 Å². The third-order valence-corrected chi connectivity index (χ3v) is 4.37. The Bertz CT molecular complexity index is 489. The van der Waals surface area contributed by atoms with Gasteiger partial charge in [-0.05, 0) is 42.7 Å². The zero-order chi connectivity index (χ0) is 11.9. The molecule has 2 aliphatic rings. The number of hydrogen-bond acceptors (Lipinski definition) is 1. The molecule has 0 bridgehead atoms. The highest BCUT2D eigenvalue weighted by Crippen LogP contribution is 2.48. The molecule has 2 heteroatoms. The molecule has 0 fully saturated rings. The monoisotopic (exact) mass is 228 g/mol. The van der Waals surface area contributed by atoms with Gasteiger partial charge in [0.2, 0.25) is 0 Å². The molecule has 0 saturated carbocycles. The Balaban J connectivity index is 2.22. The predicted octanol–water partition coefficient (Wildman–Crippen LogP) is 2.92. The van der Waals surface area contributed by atoms with Gasteiger partial charge in [0.05, 0.1) is 5.41 Å². The number of hydrogen-bond donors (Lipinski definition) is 1. The van der Waals surface area contributed by atoms with E-state index in [1.807, 2.05) is 24.3 Å². The normalized spacial score (nSPS) is 30.5. The van der Waals surface area contributed by atoms with Crippen LogP contribution in [-0.2, 0) is 16.6 Å². The fraction of sp³-hybridized carbons (Fsp3) is 0.400. The molecule has 88 valence electrons. The first-order valence-electron chi connectivity index (χ1n) is 6.22. The Morgan fingerprint density at radius 1 is 1.29 bits per heavy atom. The summed E-state index contributed by atoms with van der Waals surface area (Å²) >= 11 is 0. The number of carboxylic acids is 1. The molecule has 1 aromatic carbocycles. The maximum atomic E-state index is 11.8. The van der Waals surface area contributed by atoms with Gasteiger partial charge >= 0.3 is 5.97 Å². The first-order valence-corrected chi connectivity index (χ1v) is 6.22. The standard InChI is InChI=1S/C15H16O2/c16-14(17)15-10-4-3-6-12(15)9-8-11-5-1-2-7-13(11)15/h1-5,7,12H,6,8-10H2,(H,16,17)/t12-,15+/m1/s1. The summed E-state index contributed by atoms with van der Waals surface area (Å²) < 4.78 is 0. The van der Waals surface area contributed by atoms with Gasteiger partial charge in [-0.2, -0.15) is 0 Å². The number of aryl methyl sites for hydroxylation is 1. The largest absolute Gasteiger partial charge is 0.481 e. The van der Waals surface area contributed by atoms with Crippen molar-refractivity contribution < 1.29 is 9.90 Å². The summed E-state index contributed by atoms with van der Waals surface area (Å²) in [4.78, 5) is 11.8. The average Bonchev–Trinajstić information content (AvgIpc) is 2.38. The van der Waals surface area contributed by atoms with E-state index in [1.165, 1.54) is 5.56 Å². The van der Waals surface area contributed by atoms with E-state index >= 15 is 0 Å². The fourth-order valence-corrected chi connectivity index (χ4v) is 3.47. The highest BCUT2D eigenvalue weighted by Gasteiger charge is 2.50. The van der Waals surface area contributed by atoms with Gasteiger partial charge in [-0.3, -0.25) is 4.79 Å². The second-order valence-corrected chi connectivity index (χ2v) is 5.08. The quantitative estimate of drug-likeness (QED) is 0.750. The summed E-state index contributed by atoms with van der Waals surface area (Å²) in [6, 6.07) is 8.06. The number of carboxylic acid groups (broad SMARTS) is 1. The molecular weight excluding hydrogens is 212 g/mol. The van der Waals surface area contributed by atoms with Crippen LogP contribution >= 0.6 is 0 Å². The molecule has 0 amide bonds. The van der Waals surface area contributed by atoms with Crippen LogP contribution < -0.4 is 0 Å². The average molecular weight is 228 g/mol. The van der Waals surface area contributed by atoms with Gasteiger partial charge in [-0.15, -0.1) is 0 Å². The lowest BCUT2D eigenvalue weighted by Gasteiger charge is -2.43. The van der Waals surface area contributed by atoms with Gasteiger partial charge in [0.15, 0.2) is 0 Å². The van der Waals surface area contributed by atoms with Crippen molar-refractivity contribution in [1.82, 2.24) is 0 Å². The molecule has 2 aliphatic carbocycles. The summed E-state index contributed by atoms with van der Waals surface area (Å²) in [5, 5.41) is 9.74. The first-order chi connectivity index (χ1) is 8.25. The van der Waals surface area contributed by atoms with Gasteiger partial charge in [-0.25, -0.2) is 0 Å². The lowest BCUT2D eigenvalue weighted by molar-refractivity contribution is -0.147. The molecule has 1 N–H and O–H groups in total. The van der Waals surface area contributed by atoms with Crippen LogP contribution in [0.2, 0.25) is 0 Å². The SMILES string of the molecule is O=C(O)[C@@]12CC=CC[C@@H]1CCc1ccccc12. The van der Waals surface area contributed by atoms with Gasteiger partial charge in [0.25, 0.3) is 0 Å². The van der Waals surface area contributed by atoms with E-state index in [0.29, 0.717) is 6.42 Å². The molecule has 0 aliphatic heterocycles. The van der Waals surface area contributed by atoms with E-state index in [-0.39, 0.29) is 5.92 Å². The molecular formula is C15H16O2. The summed E-state index contributed by atoms with van der Waals surface area (Å²) in [6.45, 7) is 0. The number of carbonyl (C=O) groups is 1. The third-order valence-electron chi connectivity index (χ3n) is 4.37. The van der Waals surface area contributed by atoms with E-state index in [2.05, 4.69) is 12.1 Å². The molecule has 17 heavy (non-hydrogen) atoms. The smallest absolute Gasteiger partial charge is 0.314 e. The van der Waals surface area contributed by atoms with Crippen molar-refractivity contribution in [2.45, 2.75) is 31.1 Å². The summed E-state index contributed by atoms with van der Waals surface area (Å²) in [6.07, 6.45) is 7.73. The number of benzene rings is 1. The predicted molar refractivity (Wildman–Crippen MR) is 65.9 cm³/mol. The Morgan fingerprint density at radius 2 is 2.12 bits per heavy atom. The van der Waals surface area contributed by atoms with Gasteiger partial charge in [-0.1, -0.05) is 36.4 Å². The van der Waals surface area contributed by atoms with Crippen molar-refractivity contribution >= 4 is 5.97 Å². The van der Waals surface area contributed by atoms with Crippen molar-refractivity contribution in [1.29, 1.82) is 0 Å². The number of fused-ring (bicyclic) bond motifs is 3. The van der Waals surface area contributed by atoms with E-state index in [1.54, 1.807) is 0 Å². The minimum Gasteiger partial charge on any atom is -0.481 e. The molecule has 0 spiro atoms. The number of aliphatic carboxylic acids is 1. The lowest BCUT2D eigenvalue weighted by Crippen LogP contribution is -2.47. The van der Waals surface area contributed by atoms with E-state index in [9.17, 15) is 9.90 Å². The summed E-state index contributed by atoms with van der Waals surface area (Å²) in [7, 11) is 0. The maximum Gasteiger partial charge on any atom is 0.314 e. The van der Waals surface area contributed by atoms with Crippen LogP contribution in [0.15, 0.2) is 36.4 Å². The van der Waals surface area contributed by atoms with Crippen molar-refractivity contribution in [2.75, 3.05) is 0 Å². The number of allylic oxidation sites excluding steroid dienone is 2. The Hall–Kier alpha value is -1.57. The van der Waals surface area contributed by atoms with Crippen LogP contribution in [0.3, 0.4) is 0 Å². The second kappa shape index (κ2) is 3.73. The van der Waals surface area contributed by atoms with Crippen LogP contribution in [0, 0.1) is 5.92 Å². The zero-order valence-electron chi connectivity index (χ0n) is 9.73. The van der Waals surface area contributed by atoms with Crippen molar-refractivity contribution in [3.05, 3.63) is 47.5 Å². The molecule has 0 unspecified atom stereocenters. The highest BCUT2D eigenvalue weighted by molar-refractivity contribution is 5.83. The highest BCUT2D eigenvalue weighted by atomic mass is 16.4. The Morgan fingerprint density at radius 3 is 2.94 bits per heavy atom. The molecule has 2 atom stereocenters. The van der Waals surface area contributed by atoms with Crippen LogP contribution in [0.5, 0.6) is 0 Å². The minimum atomic E-state index is -0.663. The minimum absolute atomic E-state index is 0.264. The van der Waals surface area contributed by atoms with Crippen molar-refractivity contribution in [3.8, 4) is 0 Å². The van der Waals surface area contributed by atoms with Crippen LogP contribution in [0.1, 0.15) is 30.4 Å². The van der Waals surface area contributed by atoms with E-state index in [0.717, 1.165) is 24.8 Å². The van der Waals surface area contributed by atoms with Gasteiger partial charge in [0, 0.05) is 0 Å². The second-order valence-electron chi connectivity index (χ2n) is 5.08. The maximum absolute atomic E-state index is 11.8. The molecule has 0 radical (unpaired) electrons. The fourth-order valence-electron chi connectivity index (χ4n) is 3.47. The van der Waals surface area contributed by atoms with E-state index < -0.39 is 11.4 Å². The van der Waals surface area contributed by atoms with Crippen molar-refractivity contribution in [3.63, 3.8) is 0 Å². The van der Waals surface area contributed by atoms with Crippen LogP contribution in [0.25, 0.3) is 0 Å². The molecule has 2 nitrogen and oxygen atoms in total. The molecule has 0 aromatic heterocycles. The third kappa shape index (κ3) is 1.36. The topological polar surface area (TPSA) is 37.3 Å². The first kappa shape index (κ1) is 10.6. The molecule has 1 aromatic rings. The lowest BCUT2D eigenvalue weighted by atomic mass is 9.59. The Labute approximate surface area is 101 Å². The molecule has 3 rings (SSSR count). The van der Waals surface area contributed by atoms with Crippen molar-refractivity contribution in [2.24, 2.45) is 5.92 Å². The van der Waals surface area contributed by atoms with E-state index in [4.69, 9.17) is 0 Å². The Kier molecular flexibility index (Phi) is 2.32. The summed E-state index contributed by atoms with van der Waals surface area (Å²) in [5.41, 5.74) is 1.61. The molecule has 0 saturated heterocycles. The zero-order valence-corrected chi connectivity index (χ0v) is 9.73. The van der Waals surface area contributed by atoms with Gasteiger partial charge < -0.3 is 5.11 Å².